The van der Waals surface area contributed by atoms with Gasteiger partial charge in [0.1, 0.15) is 5.84 Å². The van der Waals surface area contributed by atoms with Crippen LogP contribution in [0.4, 0.5) is 5.69 Å². The number of hydrogen-bond acceptors (Lipinski definition) is 5. The van der Waals surface area contributed by atoms with Crippen molar-refractivity contribution < 1.29 is 0 Å². The van der Waals surface area contributed by atoms with E-state index in [0.29, 0.717) is 17.2 Å². The highest BCUT2D eigenvalue weighted by Crippen LogP contribution is 2.32. The highest BCUT2D eigenvalue weighted by atomic mass is 35.7. The van der Waals surface area contributed by atoms with E-state index < -0.39 is 0 Å². The Labute approximate surface area is 101 Å². The Kier molecular flexibility index (Phi) is 3.26. The molecular formula is C10H8ClN3OS. The van der Waals surface area contributed by atoms with Crippen LogP contribution in [0.5, 0.6) is 0 Å². The number of benzene rings is 1. The maximum absolute atomic E-state index is 10.5. The van der Waals surface area contributed by atoms with Crippen molar-refractivity contribution in [3.05, 3.63) is 34.4 Å². The number of amidine groups is 1. The minimum absolute atomic E-state index is 0.279. The molecule has 0 unspecified atom stereocenters. The second-order valence-corrected chi connectivity index (χ2v) is 4.39. The van der Waals surface area contributed by atoms with Crippen LogP contribution in [0.2, 0.25) is 0 Å². The van der Waals surface area contributed by atoms with Crippen LogP contribution in [0.15, 0.2) is 39.0 Å². The molecule has 1 aliphatic rings. The van der Waals surface area contributed by atoms with Gasteiger partial charge in [-0.1, -0.05) is 6.07 Å². The summed E-state index contributed by atoms with van der Waals surface area (Å²) in [5.74, 6) is 0.376. The molecule has 16 heavy (non-hydrogen) atoms. The number of nitrogens with zero attached hydrogens (tertiary/aromatic N) is 2. The van der Waals surface area contributed by atoms with Crippen molar-refractivity contribution in [3.8, 4) is 0 Å². The van der Waals surface area contributed by atoms with E-state index in [1.807, 2.05) is 18.2 Å². The van der Waals surface area contributed by atoms with Gasteiger partial charge < -0.3 is 5.73 Å². The number of rotatable bonds is 2. The van der Waals surface area contributed by atoms with Gasteiger partial charge in [0.25, 0.3) is 0 Å². The molecule has 0 aliphatic carbocycles. The molecule has 0 saturated heterocycles. The van der Waals surface area contributed by atoms with Crippen LogP contribution in [0.3, 0.4) is 0 Å². The molecule has 2 rings (SSSR count). The molecule has 4 nitrogen and oxygen atoms in total. The SMILES string of the molecule is NC1=Nc2cc(SCl)ccc2C=C(N=O)C1. The Balaban J connectivity index is 2.56. The Bertz CT molecular complexity index is 499. The summed E-state index contributed by atoms with van der Waals surface area (Å²) < 4.78 is 0. The lowest BCUT2D eigenvalue weighted by Gasteiger charge is -2.01. The van der Waals surface area contributed by atoms with E-state index in [0.717, 1.165) is 21.4 Å². The Hall–Kier alpha value is -1.33. The van der Waals surface area contributed by atoms with Crippen molar-refractivity contribution in [1.82, 2.24) is 0 Å². The van der Waals surface area contributed by atoms with Crippen molar-refractivity contribution in [2.24, 2.45) is 15.9 Å². The number of aliphatic imine (C=N–C) groups is 1. The predicted molar refractivity (Wildman–Crippen MR) is 67.8 cm³/mol. The topological polar surface area (TPSA) is 67.8 Å². The molecule has 1 aliphatic heterocycles. The van der Waals surface area contributed by atoms with Crippen LogP contribution in [0.1, 0.15) is 12.0 Å². The highest BCUT2D eigenvalue weighted by Gasteiger charge is 2.10. The first-order chi connectivity index (χ1) is 7.72. The lowest BCUT2D eigenvalue weighted by molar-refractivity contribution is 1.20. The lowest BCUT2D eigenvalue weighted by Crippen LogP contribution is -2.10. The van der Waals surface area contributed by atoms with Gasteiger partial charge in [-0.25, -0.2) is 4.99 Å². The molecule has 0 fully saturated rings. The highest BCUT2D eigenvalue weighted by molar-refractivity contribution is 8.21. The largest absolute Gasteiger partial charge is 0.387 e. The maximum atomic E-state index is 10.5. The first-order valence-corrected chi connectivity index (χ1v) is 6.17. The smallest absolute Gasteiger partial charge is 0.106 e. The Morgan fingerprint density at radius 1 is 1.50 bits per heavy atom. The molecule has 0 amide bonds. The summed E-state index contributed by atoms with van der Waals surface area (Å²) in [6.07, 6.45) is 1.97. The molecule has 2 N–H and O–H groups in total. The predicted octanol–water partition coefficient (Wildman–Crippen LogP) is 3.43. The fourth-order valence-electron chi connectivity index (χ4n) is 1.46. The van der Waals surface area contributed by atoms with Crippen LogP contribution in [-0.4, -0.2) is 5.84 Å². The van der Waals surface area contributed by atoms with E-state index in [4.69, 9.17) is 16.4 Å². The molecule has 0 aromatic heterocycles. The third-order valence-corrected chi connectivity index (χ3v) is 3.12. The van der Waals surface area contributed by atoms with E-state index in [9.17, 15) is 4.91 Å². The Morgan fingerprint density at radius 2 is 2.31 bits per heavy atom. The first-order valence-electron chi connectivity index (χ1n) is 4.52. The second kappa shape index (κ2) is 4.67. The average Bonchev–Trinajstić information content (AvgIpc) is 2.45. The zero-order valence-electron chi connectivity index (χ0n) is 8.18. The molecular weight excluding hydrogens is 246 g/mol. The molecule has 1 aromatic carbocycles. The van der Waals surface area contributed by atoms with Crippen molar-refractivity contribution in [3.63, 3.8) is 0 Å². The van der Waals surface area contributed by atoms with Crippen LogP contribution in [0.25, 0.3) is 6.08 Å². The summed E-state index contributed by atoms with van der Waals surface area (Å²) in [6, 6.07) is 5.52. The quantitative estimate of drug-likeness (QED) is 0.821. The summed E-state index contributed by atoms with van der Waals surface area (Å²) >= 11 is 0. The summed E-state index contributed by atoms with van der Waals surface area (Å²) in [5.41, 5.74) is 7.59. The third-order valence-electron chi connectivity index (χ3n) is 2.16. The molecule has 82 valence electrons. The van der Waals surface area contributed by atoms with E-state index in [2.05, 4.69) is 10.2 Å². The fourth-order valence-corrected chi connectivity index (χ4v) is 2.02. The van der Waals surface area contributed by atoms with E-state index in [1.54, 1.807) is 6.08 Å². The summed E-state index contributed by atoms with van der Waals surface area (Å²) in [7, 11) is 6.77. The molecule has 0 saturated carbocycles. The fraction of sp³-hybridized carbons (Fsp3) is 0.100. The maximum Gasteiger partial charge on any atom is 0.106 e. The van der Waals surface area contributed by atoms with Crippen molar-refractivity contribution in [2.45, 2.75) is 11.3 Å². The van der Waals surface area contributed by atoms with E-state index in [-0.39, 0.29) is 6.42 Å². The number of fused-ring (bicyclic) bond motifs is 1. The molecule has 1 heterocycles. The van der Waals surface area contributed by atoms with Crippen molar-refractivity contribution >= 4 is 39.3 Å². The Morgan fingerprint density at radius 3 is 3.00 bits per heavy atom. The third kappa shape index (κ3) is 2.25. The average molecular weight is 254 g/mol. The second-order valence-electron chi connectivity index (χ2n) is 3.30. The van der Waals surface area contributed by atoms with Crippen molar-refractivity contribution in [1.29, 1.82) is 0 Å². The molecule has 0 spiro atoms. The zero-order chi connectivity index (χ0) is 11.5. The normalized spacial score (nSPS) is 14.6. The van der Waals surface area contributed by atoms with Crippen LogP contribution >= 0.6 is 21.7 Å². The minimum atomic E-state index is 0.279. The van der Waals surface area contributed by atoms with E-state index >= 15 is 0 Å². The van der Waals surface area contributed by atoms with Crippen LogP contribution < -0.4 is 5.73 Å². The van der Waals surface area contributed by atoms with E-state index in [1.165, 1.54) is 0 Å². The summed E-state index contributed by atoms with van der Waals surface area (Å²) in [4.78, 5) is 15.6. The first kappa shape index (κ1) is 11.2. The summed E-state index contributed by atoms with van der Waals surface area (Å²) in [5, 5.41) is 2.92. The summed E-state index contributed by atoms with van der Waals surface area (Å²) in [6.45, 7) is 0. The van der Waals surface area contributed by atoms with Gasteiger partial charge in [0.15, 0.2) is 0 Å². The molecule has 1 aromatic rings. The van der Waals surface area contributed by atoms with Gasteiger partial charge in [-0.05, 0) is 45.0 Å². The van der Waals surface area contributed by atoms with Gasteiger partial charge in [-0.2, -0.15) is 0 Å². The standard InChI is InChI=1S/C10H8ClN3OS/c11-16-8-2-1-6-3-7(14-15)4-10(12)13-9(6)5-8/h1-3,5H,4H2,(H2,12,13). The van der Waals surface area contributed by atoms with Gasteiger partial charge in [-0.15, -0.1) is 4.91 Å². The van der Waals surface area contributed by atoms with Gasteiger partial charge in [0, 0.05) is 10.5 Å². The molecule has 6 heteroatoms. The number of halogens is 1. The van der Waals surface area contributed by atoms with Crippen LogP contribution in [-0.2, 0) is 0 Å². The van der Waals surface area contributed by atoms with Gasteiger partial charge >= 0.3 is 0 Å². The number of nitroso groups, excluding NO2 is 1. The molecule has 0 atom stereocenters. The zero-order valence-corrected chi connectivity index (χ0v) is 9.76. The van der Waals surface area contributed by atoms with Gasteiger partial charge in [0.05, 0.1) is 17.8 Å². The van der Waals surface area contributed by atoms with Gasteiger partial charge in [-0.3, -0.25) is 0 Å². The monoisotopic (exact) mass is 253 g/mol. The lowest BCUT2D eigenvalue weighted by atomic mass is 10.1. The van der Waals surface area contributed by atoms with Crippen molar-refractivity contribution in [2.75, 3.05) is 0 Å². The minimum Gasteiger partial charge on any atom is -0.387 e. The number of nitrogens with two attached hydrogens (primary N) is 1. The van der Waals surface area contributed by atoms with Crippen LogP contribution in [0, 0.1) is 4.91 Å². The number of hydrogen-bond donors (Lipinski definition) is 1. The molecule has 0 bridgehead atoms. The van der Waals surface area contributed by atoms with Gasteiger partial charge in [0.2, 0.25) is 0 Å². The molecule has 0 radical (unpaired) electrons.